The van der Waals surface area contributed by atoms with Gasteiger partial charge in [0.05, 0.1) is 13.7 Å². The van der Waals surface area contributed by atoms with E-state index in [2.05, 4.69) is 16.7 Å². The molecule has 0 aliphatic carbocycles. The second-order valence-corrected chi connectivity index (χ2v) is 6.39. The Hall–Kier alpha value is -2.86. The monoisotopic (exact) mass is 368 g/mol. The van der Waals surface area contributed by atoms with Crippen molar-refractivity contribution in [1.29, 1.82) is 0 Å². The van der Waals surface area contributed by atoms with Crippen molar-refractivity contribution >= 4 is 17.5 Å². The Morgan fingerprint density at radius 2 is 1.81 bits per heavy atom. The van der Waals surface area contributed by atoms with Crippen molar-refractivity contribution in [3.63, 3.8) is 0 Å². The molecule has 142 valence electrons. The van der Waals surface area contributed by atoms with Crippen LogP contribution in [0.15, 0.2) is 48.5 Å². The van der Waals surface area contributed by atoms with Crippen molar-refractivity contribution in [2.75, 3.05) is 25.6 Å². The molecule has 0 unspecified atom stereocenters. The summed E-state index contributed by atoms with van der Waals surface area (Å²) in [7, 11) is 1.59. The van der Waals surface area contributed by atoms with Gasteiger partial charge < -0.3 is 20.1 Å². The van der Waals surface area contributed by atoms with E-state index in [0.717, 1.165) is 17.7 Å². The zero-order chi connectivity index (χ0) is 19.1. The van der Waals surface area contributed by atoms with Crippen molar-refractivity contribution in [2.45, 2.75) is 25.4 Å². The van der Waals surface area contributed by atoms with Gasteiger partial charge in [-0.25, -0.2) is 0 Å². The molecule has 1 aliphatic heterocycles. The van der Waals surface area contributed by atoms with Gasteiger partial charge in [0.25, 0.3) is 0 Å². The van der Waals surface area contributed by atoms with Gasteiger partial charge >= 0.3 is 0 Å². The molecular formula is C21H24N2O4. The zero-order valence-corrected chi connectivity index (χ0v) is 15.4. The molecule has 0 saturated heterocycles. The van der Waals surface area contributed by atoms with E-state index in [0.29, 0.717) is 18.8 Å². The molecule has 6 nitrogen and oxygen atoms in total. The fourth-order valence-corrected chi connectivity index (χ4v) is 3.07. The second-order valence-electron chi connectivity index (χ2n) is 6.39. The first-order valence-corrected chi connectivity index (χ1v) is 9.05. The van der Waals surface area contributed by atoms with Crippen LogP contribution in [0.25, 0.3) is 0 Å². The highest BCUT2D eigenvalue weighted by Crippen LogP contribution is 2.26. The molecule has 1 heterocycles. The molecule has 2 N–H and O–H groups in total. The van der Waals surface area contributed by atoms with Gasteiger partial charge in [-0.15, -0.1) is 0 Å². The summed E-state index contributed by atoms with van der Waals surface area (Å²) in [6.07, 6.45) is 1.02. The molecule has 2 aromatic carbocycles. The quantitative estimate of drug-likeness (QED) is 0.788. The molecule has 0 bridgehead atoms. The van der Waals surface area contributed by atoms with E-state index in [1.54, 1.807) is 31.4 Å². The minimum Gasteiger partial charge on any atom is -0.497 e. The van der Waals surface area contributed by atoms with Gasteiger partial charge in [-0.3, -0.25) is 9.59 Å². The van der Waals surface area contributed by atoms with E-state index in [4.69, 9.17) is 9.47 Å². The van der Waals surface area contributed by atoms with Crippen LogP contribution < -0.4 is 15.4 Å². The van der Waals surface area contributed by atoms with Crippen molar-refractivity contribution in [3.8, 4) is 5.75 Å². The minimum absolute atomic E-state index is 0.125. The van der Waals surface area contributed by atoms with Crippen LogP contribution in [0.4, 0.5) is 5.69 Å². The molecule has 0 fully saturated rings. The number of carbonyl (C=O) groups is 2. The number of anilines is 1. The lowest BCUT2D eigenvalue weighted by Gasteiger charge is -2.26. The smallest absolute Gasteiger partial charge is 0.224 e. The summed E-state index contributed by atoms with van der Waals surface area (Å²) >= 11 is 0. The molecule has 6 heteroatoms. The number of nitrogens with one attached hydrogen (secondary N) is 2. The molecule has 2 aromatic rings. The van der Waals surface area contributed by atoms with Crippen molar-refractivity contribution in [1.82, 2.24) is 5.32 Å². The third kappa shape index (κ3) is 5.31. The Bertz CT molecular complexity index is 789. The van der Waals surface area contributed by atoms with E-state index in [-0.39, 0.29) is 30.8 Å². The first kappa shape index (κ1) is 18.9. The molecule has 0 aromatic heterocycles. The van der Waals surface area contributed by atoms with Gasteiger partial charge in [-0.1, -0.05) is 24.3 Å². The zero-order valence-electron chi connectivity index (χ0n) is 15.4. The predicted octanol–water partition coefficient (Wildman–Crippen LogP) is 2.84. The summed E-state index contributed by atoms with van der Waals surface area (Å²) in [6.45, 7) is 1.07. The molecule has 1 aliphatic rings. The van der Waals surface area contributed by atoms with Crippen molar-refractivity contribution in [3.05, 3.63) is 59.7 Å². The maximum Gasteiger partial charge on any atom is 0.224 e. The van der Waals surface area contributed by atoms with Crippen LogP contribution in [0.5, 0.6) is 5.75 Å². The number of rotatable bonds is 7. The number of ether oxygens (including phenoxy) is 2. The Morgan fingerprint density at radius 1 is 1.07 bits per heavy atom. The number of methoxy groups -OCH3 is 1. The number of benzene rings is 2. The minimum atomic E-state index is -0.199. The van der Waals surface area contributed by atoms with E-state index >= 15 is 0 Å². The summed E-state index contributed by atoms with van der Waals surface area (Å²) in [6, 6.07) is 15.2. The molecule has 0 saturated carbocycles. The molecule has 0 spiro atoms. The van der Waals surface area contributed by atoms with Crippen LogP contribution in [0, 0.1) is 0 Å². The lowest BCUT2D eigenvalue weighted by molar-refractivity contribution is -0.124. The summed E-state index contributed by atoms with van der Waals surface area (Å²) < 4.78 is 10.9. The highest BCUT2D eigenvalue weighted by molar-refractivity contribution is 5.93. The summed E-state index contributed by atoms with van der Waals surface area (Å²) in [4.78, 5) is 24.1. The molecule has 0 radical (unpaired) electrons. The maximum absolute atomic E-state index is 12.1. The Labute approximate surface area is 158 Å². The lowest BCUT2D eigenvalue weighted by Crippen LogP contribution is -2.32. The molecule has 27 heavy (non-hydrogen) atoms. The standard InChI is InChI=1S/C21H24N2O4/c1-26-17-8-6-16(7-9-17)23-21(25)11-10-20(24)22-14-19-18-5-3-2-4-15(18)12-13-27-19/h2-9,19H,10-14H2,1H3,(H,22,24)(H,23,25)/t19-/m0/s1. The number of fused-ring (bicyclic) bond motifs is 1. The average Bonchev–Trinajstić information content (AvgIpc) is 2.71. The Morgan fingerprint density at radius 3 is 2.59 bits per heavy atom. The van der Waals surface area contributed by atoms with Crippen LogP contribution in [0.3, 0.4) is 0 Å². The highest BCUT2D eigenvalue weighted by Gasteiger charge is 2.20. The van der Waals surface area contributed by atoms with E-state index in [1.165, 1.54) is 5.56 Å². The largest absolute Gasteiger partial charge is 0.497 e. The number of carbonyl (C=O) groups excluding carboxylic acids is 2. The van der Waals surface area contributed by atoms with E-state index in [9.17, 15) is 9.59 Å². The van der Waals surface area contributed by atoms with Gasteiger partial charge in [0, 0.05) is 25.1 Å². The van der Waals surface area contributed by atoms with Gasteiger partial charge in [0.15, 0.2) is 0 Å². The molecule has 3 rings (SSSR count). The van der Waals surface area contributed by atoms with Gasteiger partial charge in [-0.2, -0.15) is 0 Å². The molecule has 1 atom stereocenters. The average molecular weight is 368 g/mol. The highest BCUT2D eigenvalue weighted by atomic mass is 16.5. The van der Waals surface area contributed by atoms with Crippen LogP contribution in [0.1, 0.15) is 30.1 Å². The molecule has 2 amide bonds. The van der Waals surface area contributed by atoms with Crippen LogP contribution in [0.2, 0.25) is 0 Å². The third-order valence-electron chi connectivity index (χ3n) is 4.53. The fraction of sp³-hybridized carbons (Fsp3) is 0.333. The van der Waals surface area contributed by atoms with Gasteiger partial charge in [-0.05, 0) is 41.8 Å². The fourth-order valence-electron chi connectivity index (χ4n) is 3.07. The van der Waals surface area contributed by atoms with Gasteiger partial charge in [0.2, 0.25) is 11.8 Å². The van der Waals surface area contributed by atoms with E-state index in [1.807, 2.05) is 18.2 Å². The summed E-state index contributed by atoms with van der Waals surface area (Å²) in [5.41, 5.74) is 3.07. The van der Waals surface area contributed by atoms with Crippen LogP contribution in [-0.2, 0) is 20.7 Å². The van der Waals surface area contributed by atoms with Crippen LogP contribution in [-0.4, -0.2) is 32.1 Å². The SMILES string of the molecule is COc1ccc(NC(=O)CCC(=O)NC[C@@H]2OCCc3ccccc32)cc1. The second kappa shape index (κ2) is 9.19. The number of hydrogen-bond donors (Lipinski definition) is 2. The Balaban J connectivity index is 1.41. The lowest BCUT2D eigenvalue weighted by atomic mass is 9.97. The Kier molecular flexibility index (Phi) is 6.44. The van der Waals surface area contributed by atoms with Crippen molar-refractivity contribution < 1.29 is 19.1 Å². The first-order valence-electron chi connectivity index (χ1n) is 9.05. The van der Waals surface area contributed by atoms with Gasteiger partial charge in [0.1, 0.15) is 11.9 Å². The normalized spacial score (nSPS) is 15.5. The third-order valence-corrected chi connectivity index (χ3v) is 4.53. The number of amides is 2. The predicted molar refractivity (Wildman–Crippen MR) is 103 cm³/mol. The first-order chi connectivity index (χ1) is 13.2. The van der Waals surface area contributed by atoms with Crippen LogP contribution >= 0.6 is 0 Å². The maximum atomic E-state index is 12.1. The summed E-state index contributed by atoms with van der Waals surface area (Å²) in [5.74, 6) is 0.361. The van der Waals surface area contributed by atoms with E-state index < -0.39 is 0 Å². The van der Waals surface area contributed by atoms with Crippen molar-refractivity contribution in [2.24, 2.45) is 0 Å². The molecular weight excluding hydrogens is 344 g/mol. The number of hydrogen-bond acceptors (Lipinski definition) is 4. The topological polar surface area (TPSA) is 76.7 Å². The summed E-state index contributed by atoms with van der Waals surface area (Å²) in [5, 5.41) is 5.63.